The average Bonchev–Trinajstić information content (AvgIpc) is 2.92. The lowest BCUT2D eigenvalue weighted by Gasteiger charge is -2.37. The second kappa shape index (κ2) is 13.1. The number of hydrogen-bond donors (Lipinski definition) is 0. The third-order valence-corrected chi connectivity index (χ3v) is 16.8. The minimum Gasteiger partial charge on any atom is -0.466 e. The minimum absolute atomic E-state index is 0.198. The summed E-state index contributed by atoms with van der Waals surface area (Å²) in [5.74, 6) is 0.209. The van der Waals surface area contributed by atoms with Crippen LogP contribution in [0.15, 0.2) is 91.0 Å². The van der Waals surface area contributed by atoms with Gasteiger partial charge in [0.15, 0.2) is 8.32 Å². The molecule has 0 saturated carbocycles. The molecule has 0 aromatic heterocycles. The zero-order chi connectivity index (χ0) is 27.8. The molecule has 1 atom stereocenters. The summed E-state index contributed by atoms with van der Waals surface area (Å²) in [6.07, 6.45) is 2.58. The van der Waals surface area contributed by atoms with E-state index in [1.165, 1.54) is 23.0 Å². The molecule has 0 aliphatic rings. The van der Waals surface area contributed by atoms with Gasteiger partial charge in [-0.15, -0.1) is 0 Å². The Labute approximate surface area is 231 Å². The molecule has 0 saturated heterocycles. The van der Waals surface area contributed by atoms with Crippen LogP contribution in [-0.4, -0.2) is 33.3 Å². The summed E-state index contributed by atoms with van der Waals surface area (Å²) >= 11 is 0. The van der Waals surface area contributed by atoms with Crippen LogP contribution in [0.25, 0.3) is 0 Å². The number of ether oxygens (including phenoxy) is 1. The number of methoxy groups -OCH3 is 1. The van der Waals surface area contributed by atoms with Crippen LogP contribution in [0.3, 0.4) is 0 Å². The molecule has 0 amide bonds. The van der Waals surface area contributed by atoms with E-state index in [9.17, 15) is 4.79 Å². The van der Waals surface area contributed by atoms with Crippen LogP contribution in [-0.2, 0) is 14.0 Å². The second-order valence-corrected chi connectivity index (χ2v) is 19.9. The van der Waals surface area contributed by atoms with Crippen molar-refractivity contribution >= 4 is 42.4 Å². The van der Waals surface area contributed by atoms with Crippen molar-refractivity contribution in [2.75, 3.05) is 13.7 Å². The molecule has 3 aromatic rings. The van der Waals surface area contributed by atoms with Gasteiger partial charge in [0.1, 0.15) is 0 Å². The molecule has 1 unspecified atom stereocenters. The third-order valence-electron chi connectivity index (χ3n) is 7.90. The summed E-state index contributed by atoms with van der Waals surface area (Å²) in [5.41, 5.74) is 0. The minimum atomic E-state index is -2.44. The van der Waals surface area contributed by atoms with Crippen LogP contribution in [0.1, 0.15) is 47.0 Å². The molecule has 0 bridgehead atoms. The Morgan fingerprint density at radius 3 is 1.61 bits per heavy atom. The van der Waals surface area contributed by atoms with Crippen molar-refractivity contribution < 1.29 is 14.0 Å². The molecule has 3 aromatic carbocycles. The lowest BCUT2D eigenvalue weighted by atomic mass is 10.0. The van der Waals surface area contributed by atoms with E-state index in [0.29, 0.717) is 12.3 Å². The smallest absolute Gasteiger partial charge is 0.334 e. The van der Waals surface area contributed by atoms with Gasteiger partial charge in [-0.2, -0.15) is 0 Å². The monoisotopic (exact) mass is 548 g/mol. The van der Waals surface area contributed by atoms with Crippen LogP contribution in [0.2, 0.25) is 18.1 Å². The maximum atomic E-state index is 13.7. The first kappa shape index (κ1) is 30.2. The quantitative estimate of drug-likeness (QED) is 0.145. The summed E-state index contributed by atoms with van der Waals surface area (Å²) in [6.45, 7) is 12.0. The second-order valence-electron chi connectivity index (χ2n) is 11.7. The Balaban J connectivity index is 2.08. The number of benzene rings is 3. The van der Waals surface area contributed by atoms with Crippen LogP contribution in [0.4, 0.5) is 0 Å². The highest BCUT2D eigenvalue weighted by Crippen LogP contribution is 2.47. The Hall–Kier alpha value is -2.39. The molecule has 5 heteroatoms. The number of carbonyl (C=O) groups is 1. The number of esters is 1. The van der Waals surface area contributed by atoms with E-state index in [-0.39, 0.29) is 11.0 Å². The van der Waals surface area contributed by atoms with E-state index in [0.717, 1.165) is 24.7 Å². The molecule has 204 valence electrons. The van der Waals surface area contributed by atoms with Crippen LogP contribution in [0.5, 0.6) is 0 Å². The summed E-state index contributed by atoms with van der Waals surface area (Å²) in [4.78, 5) is 13.7. The first-order valence-corrected chi connectivity index (χ1v) is 18.4. The maximum absolute atomic E-state index is 13.7. The molecule has 0 spiro atoms. The van der Waals surface area contributed by atoms with Gasteiger partial charge < -0.3 is 9.16 Å². The lowest BCUT2D eigenvalue weighted by molar-refractivity contribution is -0.132. The standard InChI is InChI=1S/C33H45O3PSi/c1-27(26-36-38(6,7)33(2,3)4)18-17-25-31(32(34)35-5)37(28-19-11-8-12-20-28,29-21-13-9-14-22-29)30-23-15-10-16-24-30/h8-16,19-24,27H,17-18,25-26H2,1-7H3. The predicted octanol–water partition coefficient (Wildman–Crippen LogP) is 7.15. The molecule has 0 aliphatic heterocycles. The molecule has 38 heavy (non-hydrogen) atoms. The van der Waals surface area contributed by atoms with Crippen molar-refractivity contribution in [2.24, 2.45) is 5.92 Å². The van der Waals surface area contributed by atoms with Crippen molar-refractivity contribution in [2.45, 2.75) is 65.1 Å². The molecule has 0 heterocycles. The van der Waals surface area contributed by atoms with Crippen molar-refractivity contribution in [3.63, 3.8) is 0 Å². The van der Waals surface area contributed by atoms with Gasteiger partial charge in [-0.1, -0.05) is 119 Å². The van der Waals surface area contributed by atoms with E-state index in [2.05, 4.69) is 114 Å². The molecular formula is C33H45O3PSi. The Bertz CT molecular complexity index is 1110. The van der Waals surface area contributed by atoms with Crippen LogP contribution in [0, 0.1) is 5.92 Å². The number of rotatable bonds is 11. The van der Waals surface area contributed by atoms with E-state index >= 15 is 0 Å². The van der Waals surface area contributed by atoms with Gasteiger partial charge >= 0.3 is 5.97 Å². The van der Waals surface area contributed by atoms with Gasteiger partial charge in [0, 0.05) is 11.9 Å². The molecular weight excluding hydrogens is 503 g/mol. The topological polar surface area (TPSA) is 35.5 Å². The molecule has 0 N–H and O–H groups in total. The van der Waals surface area contributed by atoms with Gasteiger partial charge in [0.25, 0.3) is 0 Å². The normalized spacial score (nSPS) is 13.1. The van der Waals surface area contributed by atoms with E-state index in [4.69, 9.17) is 9.16 Å². The number of hydrogen-bond acceptors (Lipinski definition) is 3. The highest BCUT2D eigenvalue weighted by atomic mass is 31.2. The molecule has 3 rings (SSSR count). The fraction of sp³-hybridized carbons (Fsp3) is 0.394. The van der Waals surface area contributed by atoms with Crippen LogP contribution < -0.4 is 15.9 Å². The summed E-state index contributed by atoms with van der Waals surface area (Å²) < 4.78 is 12.0. The van der Waals surface area contributed by atoms with E-state index < -0.39 is 15.2 Å². The molecule has 0 fully saturated rings. The first-order chi connectivity index (χ1) is 18.0. The summed E-state index contributed by atoms with van der Waals surface area (Å²) in [5, 5.41) is 4.59. The van der Waals surface area contributed by atoms with Gasteiger partial charge in [-0.3, -0.25) is 0 Å². The van der Waals surface area contributed by atoms with Crippen molar-refractivity contribution in [1.82, 2.24) is 0 Å². The lowest BCUT2D eigenvalue weighted by Crippen LogP contribution is -2.41. The molecule has 0 radical (unpaired) electrons. The van der Waals surface area contributed by atoms with Gasteiger partial charge in [-0.05, 0) is 66.1 Å². The first-order valence-electron chi connectivity index (χ1n) is 13.7. The average molecular weight is 549 g/mol. The largest absolute Gasteiger partial charge is 0.466 e. The maximum Gasteiger partial charge on any atom is 0.334 e. The van der Waals surface area contributed by atoms with E-state index in [1.807, 2.05) is 18.2 Å². The Morgan fingerprint density at radius 1 is 0.816 bits per heavy atom. The fourth-order valence-electron chi connectivity index (χ4n) is 4.66. The van der Waals surface area contributed by atoms with Crippen molar-refractivity contribution in [3.8, 4) is 0 Å². The van der Waals surface area contributed by atoms with E-state index in [1.54, 1.807) is 0 Å². The molecule has 0 aliphatic carbocycles. The highest BCUT2D eigenvalue weighted by molar-refractivity contribution is 7.96. The summed E-state index contributed by atoms with van der Waals surface area (Å²) in [7, 11) is -0.281. The highest BCUT2D eigenvalue weighted by Gasteiger charge is 2.37. The van der Waals surface area contributed by atoms with Crippen molar-refractivity contribution in [1.29, 1.82) is 0 Å². The fourth-order valence-corrected chi connectivity index (χ4v) is 10.3. The van der Waals surface area contributed by atoms with Crippen molar-refractivity contribution in [3.05, 3.63) is 91.0 Å². The SMILES string of the molecule is COC(=O)C(CCCC(C)CO[Si](C)(C)C(C)(C)C)=P(c1ccccc1)(c1ccccc1)c1ccccc1. The molecule has 3 nitrogen and oxygen atoms in total. The van der Waals surface area contributed by atoms with Gasteiger partial charge in [-0.25, -0.2) is 4.79 Å². The van der Waals surface area contributed by atoms with Gasteiger partial charge in [0.05, 0.1) is 7.11 Å². The van der Waals surface area contributed by atoms with Crippen LogP contribution >= 0.6 is 6.89 Å². The predicted molar refractivity (Wildman–Crippen MR) is 168 cm³/mol. The Kier molecular flexibility index (Phi) is 10.4. The number of carbonyl (C=O) groups excluding carboxylic acids is 1. The Morgan fingerprint density at radius 2 is 1.24 bits per heavy atom. The zero-order valence-corrected chi connectivity index (χ0v) is 26.1. The zero-order valence-electron chi connectivity index (χ0n) is 24.2. The van der Waals surface area contributed by atoms with Gasteiger partial charge in [0.2, 0.25) is 0 Å². The third kappa shape index (κ3) is 6.78. The summed E-state index contributed by atoms with van der Waals surface area (Å²) in [6, 6.07) is 31.6.